The van der Waals surface area contributed by atoms with E-state index in [1.807, 2.05) is 0 Å². The first-order chi connectivity index (χ1) is 9.85. The molecule has 1 aliphatic heterocycles. The highest BCUT2D eigenvalue weighted by Crippen LogP contribution is 2.36. The number of hydrogen-bond acceptors (Lipinski definition) is 5. The van der Waals surface area contributed by atoms with E-state index in [4.69, 9.17) is 9.26 Å². The van der Waals surface area contributed by atoms with E-state index in [0.29, 0.717) is 5.92 Å². The number of nitrogens with one attached hydrogen (secondary N) is 1. The molecule has 1 aliphatic carbocycles. The molecule has 3 unspecified atom stereocenters. The van der Waals surface area contributed by atoms with Gasteiger partial charge in [0.15, 0.2) is 5.82 Å². The van der Waals surface area contributed by atoms with Crippen LogP contribution in [0, 0.1) is 5.92 Å². The molecular formula is C15H25N3O2. The standard InChI is InChI=1S/C15H25N3O2/c1-2-11-4-3-5-12(8-11)15-17-14(20-18-15)9-13-10-16-6-7-19-13/h11-13,16H,2-10H2,1H3. The van der Waals surface area contributed by atoms with Crippen molar-refractivity contribution in [3.63, 3.8) is 0 Å². The summed E-state index contributed by atoms with van der Waals surface area (Å²) in [7, 11) is 0. The lowest BCUT2D eigenvalue weighted by Crippen LogP contribution is -2.39. The van der Waals surface area contributed by atoms with Gasteiger partial charge < -0.3 is 14.6 Å². The Hall–Kier alpha value is -0.940. The Morgan fingerprint density at radius 2 is 2.30 bits per heavy atom. The van der Waals surface area contributed by atoms with Crippen LogP contribution in [-0.2, 0) is 11.2 Å². The van der Waals surface area contributed by atoms with Gasteiger partial charge >= 0.3 is 0 Å². The summed E-state index contributed by atoms with van der Waals surface area (Å²) < 4.78 is 11.1. The van der Waals surface area contributed by atoms with Crippen LogP contribution >= 0.6 is 0 Å². The van der Waals surface area contributed by atoms with Crippen molar-refractivity contribution >= 4 is 0 Å². The summed E-state index contributed by atoms with van der Waals surface area (Å²) in [6, 6.07) is 0. The highest BCUT2D eigenvalue weighted by Gasteiger charge is 2.26. The second-order valence-electron chi connectivity index (χ2n) is 6.09. The van der Waals surface area contributed by atoms with E-state index in [-0.39, 0.29) is 6.10 Å². The lowest BCUT2D eigenvalue weighted by molar-refractivity contribution is 0.0246. The maximum Gasteiger partial charge on any atom is 0.229 e. The molecule has 112 valence electrons. The molecule has 0 amide bonds. The van der Waals surface area contributed by atoms with Crippen LogP contribution in [-0.4, -0.2) is 35.9 Å². The summed E-state index contributed by atoms with van der Waals surface area (Å²) >= 11 is 0. The average Bonchev–Trinajstić information content (AvgIpc) is 2.97. The Morgan fingerprint density at radius 3 is 3.10 bits per heavy atom. The third-order valence-electron chi connectivity index (χ3n) is 4.62. The van der Waals surface area contributed by atoms with Gasteiger partial charge in [0.2, 0.25) is 5.89 Å². The Kier molecular flexibility index (Phi) is 4.68. The third kappa shape index (κ3) is 3.38. The van der Waals surface area contributed by atoms with E-state index in [1.54, 1.807) is 0 Å². The minimum atomic E-state index is 0.173. The normalized spacial score (nSPS) is 31.4. The van der Waals surface area contributed by atoms with Gasteiger partial charge in [0, 0.05) is 19.0 Å². The molecule has 2 aliphatic rings. The lowest BCUT2D eigenvalue weighted by Gasteiger charge is -2.26. The number of aromatic nitrogens is 2. The highest BCUT2D eigenvalue weighted by molar-refractivity contribution is 4.99. The maximum atomic E-state index is 5.68. The zero-order valence-corrected chi connectivity index (χ0v) is 12.3. The predicted octanol–water partition coefficient (Wildman–Crippen LogP) is 2.28. The summed E-state index contributed by atoms with van der Waals surface area (Å²) in [6.45, 7) is 4.86. The first kappa shape index (κ1) is 14.0. The van der Waals surface area contributed by atoms with Gasteiger partial charge in [-0.15, -0.1) is 0 Å². The number of nitrogens with zero attached hydrogens (tertiary/aromatic N) is 2. The Bertz CT molecular complexity index is 415. The second-order valence-corrected chi connectivity index (χ2v) is 6.09. The van der Waals surface area contributed by atoms with Gasteiger partial charge in [0.05, 0.1) is 19.1 Å². The van der Waals surface area contributed by atoms with Crippen molar-refractivity contribution in [3.8, 4) is 0 Å². The van der Waals surface area contributed by atoms with Crippen LogP contribution in [0.1, 0.15) is 56.7 Å². The third-order valence-corrected chi connectivity index (χ3v) is 4.62. The Morgan fingerprint density at radius 1 is 1.35 bits per heavy atom. The largest absolute Gasteiger partial charge is 0.375 e. The molecule has 20 heavy (non-hydrogen) atoms. The van der Waals surface area contributed by atoms with E-state index in [9.17, 15) is 0 Å². The number of ether oxygens (including phenoxy) is 1. The summed E-state index contributed by atoms with van der Waals surface area (Å²) in [6.07, 6.45) is 7.25. The Labute approximate surface area is 120 Å². The zero-order chi connectivity index (χ0) is 13.8. The van der Waals surface area contributed by atoms with E-state index in [2.05, 4.69) is 22.4 Å². The van der Waals surface area contributed by atoms with Crippen LogP contribution in [0.15, 0.2) is 4.52 Å². The van der Waals surface area contributed by atoms with Crippen molar-refractivity contribution in [2.75, 3.05) is 19.7 Å². The van der Waals surface area contributed by atoms with Crippen LogP contribution in [0.3, 0.4) is 0 Å². The van der Waals surface area contributed by atoms with E-state index < -0.39 is 0 Å². The molecule has 1 N–H and O–H groups in total. The van der Waals surface area contributed by atoms with Gasteiger partial charge in [-0.25, -0.2) is 0 Å². The molecule has 1 saturated heterocycles. The second kappa shape index (κ2) is 6.68. The molecule has 1 aromatic heterocycles. The van der Waals surface area contributed by atoms with Crippen LogP contribution < -0.4 is 5.32 Å². The number of morpholine rings is 1. The molecule has 0 bridgehead atoms. The molecular weight excluding hydrogens is 254 g/mol. The van der Waals surface area contributed by atoms with Crippen molar-refractivity contribution in [2.45, 2.75) is 57.5 Å². The first-order valence-corrected chi connectivity index (χ1v) is 8.00. The van der Waals surface area contributed by atoms with Gasteiger partial charge in [0.1, 0.15) is 0 Å². The molecule has 5 heteroatoms. The number of hydrogen-bond donors (Lipinski definition) is 1. The van der Waals surface area contributed by atoms with Crippen molar-refractivity contribution in [2.24, 2.45) is 5.92 Å². The molecule has 0 spiro atoms. The quantitative estimate of drug-likeness (QED) is 0.916. The van der Waals surface area contributed by atoms with Gasteiger partial charge in [-0.1, -0.05) is 31.3 Å². The minimum Gasteiger partial charge on any atom is -0.375 e. The first-order valence-electron chi connectivity index (χ1n) is 8.00. The molecule has 3 rings (SSSR count). The van der Waals surface area contributed by atoms with Crippen LogP contribution in [0.4, 0.5) is 0 Å². The predicted molar refractivity (Wildman–Crippen MR) is 75.6 cm³/mol. The fourth-order valence-corrected chi connectivity index (χ4v) is 3.36. The van der Waals surface area contributed by atoms with E-state index in [0.717, 1.165) is 43.8 Å². The molecule has 0 aromatic carbocycles. The molecule has 1 aromatic rings. The van der Waals surface area contributed by atoms with Crippen molar-refractivity contribution in [1.82, 2.24) is 15.5 Å². The topological polar surface area (TPSA) is 60.2 Å². The maximum absolute atomic E-state index is 5.68. The van der Waals surface area contributed by atoms with Crippen molar-refractivity contribution in [1.29, 1.82) is 0 Å². The van der Waals surface area contributed by atoms with Gasteiger partial charge in [0.25, 0.3) is 0 Å². The van der Waals surface area contributed by atoms with Crippen LogP contribution in [0.25, 0.3) is 0 Å². The smallest absolute Gasteiger partial charge is 0.229 e. The fourth-order valence-electron chi connectivity index (χ4n) is 3.36. The summed E-state index contributed by atoms with van der Waals surface area (Å²) in [5.41, 5.74) is 0. The summed E-state index contributed by atoms with van der Waals surface area (Å²) in [5, 5.41) is 7.54. The fraction of sp³-hybridized carbons (Fsp3) is 0.867. The summed E-state index contributed by atoms with van der Waals surface area (Å²) in [5.74, 6) is 2.98. The molecule has 3 atom stereocenters. The molecule has 1 saturated carbocycles. The minimum absolute atomic E-state index is 0.173. The monoisotopic (exact) mass is 279 g/mol. The lowest BCUT2D eigenvalue weighted by atomic mass is 9.80. The van der Waals surface area contributed by atoms with Crippen LogP contribution in [0.2, 0.25) is 0 Å². The SMILES string of the molecule is CCC1CCCC(c2noc(CC3CNCCO3)n2)C1. The zero-order valence-electron chi connectivity index (χ0n) is 12.3. The van der Waals surface area contributed by atoms with Crippen LogP contribution in [0.5, 0.6) is 0 Å². The molecule has 5 nitrogen and oxygen atoms in total. The van der Waals surface area contributed by atoms with E-state index >= 15 is 0 Å². The molecule has 2 fully saturated rings. The van der Waals surface area contributed by atoms with Gasteiger partial charge in [-0.2, -0.15) is 4.98 Å². The Balaban J connectivity index is 1.58. The van der Waals surface area contributed by atoms with Gasteiger partial charge in [-0.3, -0.25) is 0 Å². The molecule has 0 radical (unpaired) electrons. The van der Waals surface area contributed by atoms with Crippen molar-refractivity contribution in [3.05, 3.63) is 11.7 Å². The number of rotatable bonds is 4. The summed E-state index contributed by atoms with van der Waals surface area (Å²) in [4.78, 5) is 4.61. The average molecular weight is 279 g/mol. The van der Waals surface area contributed by atoms with E-state index in [1.165, 1.54) is 32.1 Å². The van der Waals surface area contributed by atoms with Gasteiger partial charge in [-0.05, 0) is 18.8 Å². The molecule has 2 heterocycles. The van der Waals surface area contributed by atoms with Crippen molar-refractivity contribution < 1.29 is 9.26 Å². The highest BCUT2D eigenvalue weighted by atomic mass is 16.5.